The average Bonchev–Trinajstić information content (AvgIpc) is 3.48. The minimum absolute atomic E-state index is 0.0362. The summed E-state index contributed by atoms with van der Waals surface area (Å²) in [5.74, 6) is 1.06. The van der Waals surface area contributed by atoms with E-state index < -0.39 is 5.79 Å². The summed E-state index contributed by atoms with van der Waals surface area (Å²) in [6.45, 7) is 3.63. The molecule has 2 saturated heterocycles. The average molecular weight is 484 g/mol. The largest absolute Gasteiger partial charge is 0.462 e. The number of hydrogen-bond donors (Lipinski definition) is 0. The quantitative estimate of drug-likeness (QED) is 0.501. The molecule has 0 unspecified atom stereocenters. The maximum Gasteiger partial charge on any atom is 0.254 e. The first kappa shape index (κ1) is 22.7. The Morgan fingerprint density at radius 3 is 2.42 bits per heavy atom. The van der Waals surface area contributed by atoms with Crippen LogP contribution in [0.25, 0.3) is 11.1 Å². The summed E-state index contributed by atoms with van der Waals surface area (Å²) in [6, 6.07) is 17.4. The molecule has 0 N–H and O–H groups in total. The summed E-state index contributed by atoms with van der Waals surface area (Å²) < 4.78 is 12.6. The van der Waals surface area contributed by atoms with Crippen molar-refractivity contribution in [3.63, 3.8) is 0 Å². The topological polar surface area (TPSA) is 72.0 Å². The van der Waals surface area contributed by atoms with Crippen LogP contribution in [0.1, 0.15) is 52.0 Å². The Balaban J connectivity index is 1.11. The number of aromatic nitrogens is 1. The smallest absolute Gasteiger partial charge is 0.254 e. The lowest BCUT2D eigenvalue weighted by Gasteiger charge is -2.44. The van der Waals surface area contributed by atoms with Gasteiger partial charge in [0, 0.05) is 61.9 Å². The summed E-state index contributed by atoms with van der Waals surface area (Å²) in [4.78, 5) is 32.8. The lowest BCUT2D eigenvalue weighted by molar-refractivity contribution is -0.225. The summed E-state index contributed by atoms with van der Waals surface area (Å²) in [6.07, 6.45) is 6.18. The Morgan fingerprint density at radius 2 is 1.67 bits per heavy atom. The van der Waals surface area contributed by atoms with Crippen LogP contribution in [0.3, 0.4) is 0 Å². The molecule has 0 bridgehead atoms. The summed E-state index contributed by atoms with van der Waals surface area (Å²) >= 11 is 0. The molecule has 4 heterocycles. The van der Waals surface area contributed by atoms with Crippen LogP contribution in [0, 0.1) is 0 Å². The minimum Gasteiger partial charge on any atom is -0.462 e. The van der Waals surface area contributed by atoms with E-state index in [-0.39, 0.29) is 5.91 Å². The molecule has 2 fully saturated rings. The van der Waals surface area contributed by atoms with Gasteiger partial charge in [-0.05, 0) is 48.2 Å². The standard InChI is InChI=1S/C29H29N3O4/c33-19-21-3-5-22(6-4-21)23-7-8-26-25(17-23)20-35-29(36-26)10-15-32(16-11-29)28(34)24-9-12-30-27(18-24)31-13-1-2-14-31/h3-9,12,17-19H,1-2,10-11,13-16,20H2. The van der Waals surface area contributed by atoms with Gasteiger partial charge in [0.05, 0.1) is 6.61 Å². The number of amides is 1. The number of likely N-dealkylation sites (tertiary alicyclic amines) is 1. The van der Waals surface area contributed by atoms with E-state index >= 15 is 0 Å². The van der Waals surface area contributed by atoms with Crippen molar-refractivity contribution in [3.8, 4) is 16.9 Å². The van der Waals surface area contributed by atoms with E-state index in [2.05, 4.69) is 16.0 Å². The number of carbonyl (C=O) groups excluding carboxylic acids is 2. The fourth-order valence-electron chi connectivity index (χ4n) is 5.31. The number of anilines is 1. The molecule has 0 aliphatic carbocycles. The van der Waals surface area contributed by atoms with Crippen molar-refractivity contribution in [2.75, 3.05) is 31.1 Å². The fraction of sp³-hybridized carbons (Fsp3) is 0.345. The maximum absolute atomic E-state index is 13.2. The number of carbonyl (C=O) groups is 2. The molecule has 6 rings (SSSR count). The number of fused-ring (bicyclic) bond motifs is 1. The van der Waals surface area contributed by atoms with Gasteiger partial charge in [0.25, 0.3) is 5.91 Å². The van der Waals surface area contributed by atoms with E-state index in [1.54, 1.807) is 12.3 Å². The molecule has 3 aromatic rings. The zero-order valence-corrected chi connectivity index (χ0v) is 20.2. The molecule has 7 heteroatoms. The number of benzene rings is 2. The van der Waals surface area contributed by atoms with E-state index in [1.807, 2.05) is 47.4 Å². The third-order valence-electron chi connectivity index (χ3n) is 7.46. The Bertz CT molecular complexity index is 1280. The maximum atomic E-state index is 13.2. The molecule has 1 spiro atoms. The SMILES string of the molecule is O=Cc1ccc(-c2ccc3c(c2)COC2(CCN(C(=O)c4ccnc(N5CCCC5)c4)CC2)O3)cc1. The third kappa shape index (κ3) is 4.35. The van der Waals surface area contributed by atoms with Gasteiger partial charge in [-0.1, -0.05) is 30.3 Å². The Hall–Kier alpha value is -3.71. The number of nitrogens with zero attached hydrogens (tertiary/aromatic N) is 3. The molecule has 184 valence electrons. The van der Waals surface area contributed by atoms with Crippen molar-refractivity contribution in [2.24, 2.45) is 0 Å². The molecule has 1 amide bonds. The van der Waals surface area contributed by atoms with Crippen LogP contribution in [0.4, 0.5) is 5.82 Å². The molecule has 7 nitrogen and oxygen atoms in total. The molecule has 2 aromatic carbocycles. The highest BCUT2D eigenvalue weighted by Crippen LogP contribution is 2.39. The van der Waals surface area contributed by atoms with Gasteiger partial charge in [-0.25, -0.2) is 4.98 Å². The normalized spacial score (nSPS) is 18.6. The Morgan fingerprint density at radius 1 is 0.917 bits per heavy atom. The summed E-state index contributed by atoms with van der Waals surface area (Å²) in [5.41, 5.74) is 4.45. The predicted molar refractivity (Wildman–Crippen MR) is 136 cm³/mol. The first-order valence-corrected chi connectivity index (χ1v) is 12.6. The number of aldehydes is 1. The molecule has 36 heavy (non-hydrogen) atoms. The van der Waals surface area contributed by atoms with Gasteiger partial charge in [-0.3, -0.25) is 9.59 Å². The zero-order valence-electron chi connectivity index (χ0n) is 20.2. The lowest BCUT2D eigenvalue weighted by atomic mass is 9.98. The van der Waals surface area contributed by atoms with Crippen LogP contribution in [0.5, 0.6) is 5.75 Å². The minimum atomic E-state index is -0.699. The highest BCUT2D eigenvalue weighted by atomic mass is 16.7. The second kappa shape index (κ2) is 9.39. The summed E-state index contributed by atoms with van der Waals surface area (Å²) in [7, 11) is 0. The van der Waals surface area contributed by atoms with Crippen molar-refractivity contribution in [2.45, 2.75) is 38.1 Å². The van der Waals surface area contributed by atoms with Crippen LogP contribution in [-0.2, 0) is 11.3 Å². The molecule has 1 aromatic heterocycles. The van der Waals surface area contributed by atoms with E-state index in [0.717, 1.165) is 47.6 Å². The second-order valence-corrected chi connectivity index (χ2v) is 9.75. The van der Waals surface area contributed by atoms with Gasteiger partial charge >= 0.3 is 0 Å². The number of piperidine rings is 1. The highest BCUT2D eigenvalue weighted by molar-refractivity contribution is 5.95. The van der Waals surface area contributed by atoms with E-state index in [4.69, 9.17) is 9.47 Å². The predicted octanol–water partition coefficient (Wildman–Crippen LogP) is 4.70. The van der Waals surface area contributed by atoms with Crippen LogP contribution in [0.2, 0.25) is 0 Å². The zero-order chi connectivity index (χ0) is 24.5. The Kier molecular flexibility index (Phi) is 5.93. The monoisotopic (exact) mass is 483 g/mol. The first-order valence-electron chi connectivity index (χ1n) is 12.6. The second-order valence-electron chi connectivity index (χ2n) is 9.75. The van der Waals surface area contributed by atoms with Gasteiger partial charge in [-0.2, -0.15) is 0 Å². The number of rotatable bonds is 4. The molecule has 3 aliphatic heterocycles. The van der Waals surface area contributed by atoms with E-state index in [1.165, 1.54) is 12.8 Å². The number of ether oxygens (including phenoxy) is 2. The van der Waals surface area contributed by atoms with Crippen molar-refractivity contribution in [3.05, 3.63) is 77.5 Å². The number of hydrogen-bond acceptors (Lipinski definition) is 6. The molecule has 0 saturated carbocycles. The molecule has 0 radical (unpaired) electrons. The molecule has 0 atom stereocenters. The van der Waals surface area contributed by atoms with Crippen molar-refractivity contribution in [1.29, 1.82) is 0 Å². The van der Waals surface area contributed by atoms with E-state index in [9.17, 15) is 9.59 Å². The fourth-order valence-corrected chi connectivity index (χ4v) is 5.31. The van der Waals surface area contributed by atoms with Gasteiger partial charge in [0.15, 0.2) is 0 Å². The van der Waals surface area contributed by atoms with Gasteiger partial charge in [0.2, 0.25) is 5.79 Å². The van der Waals surface area contributed by atoms with Crippen molar-refractivity contribution < 1.29 is 19.1 Å². The van der Waals surface area contributed by atoms with Crippen LogP contribution in [-0.4, -0.2) is 54.0 Å². The van der Waals surface area contributed by atoms with Gasteiger partial charge in [0.1, 0.15) is 17.9 Å². The molecule has 3 aliphatic rings. The number of pyridine rings is 1. The van der Waals surface area contributed by atoms with Crippen LogP contribution in [0.15, 0.2) is 60.8 Å². The first-order chi connectivity index (χ1) is 17.6. The molecular weight excluding hydrogens is 454 g/mol. The highest BCUT2D eigenvalue weighted by Gasteiger charge is 2.42. The Labute approximate surface area is 210 Å². The van der Waals surface area contributed by atoms with Crippen LogP contribution >= 0.6 is 0 Å². The molecular formula is C29H29N3O4. The van der Waals surface area contributed by atoms with Gasteiger partial charge < -0.3 is 19.3 Å². The lowest BCUT2D eigenvalue weighted by Crippen LogP contribution is -2.52. The summed E-state index contributed by atoms with van der Waals surface area (Å²) in [5, 5.41) is 0. The van der Waals surface area contributed by atoms with Gasteiger partial charge in [-0.15, -0.1) is 0 Å². The van der Waals surface area contributed by atoms with Crippen molar-refractivity contribution in [1.82, 2.24) is 9.88 Å². The third-order valence-corrected chi connectivity index (χ3v) is 7.46. The van der Waals surface area contributed by atoms with Crippen LogP contribution < -0.4 is 9.64 Å². The van der Waals surface area contributed by atoms with E-state index in [0.29, 0.717) is 43.7 Å². The van der Waals surface area contributed by atoms with Crippen molar-refractivity contribution >= 4 is 18.0 Å².